The lowest BCUT2D eigenvalue weighted by molar-refractivity contribution is -0.137. The fraction of sp³-hybridized carbons (Fsp3) is 0.611. The summed E-state index contributed by atoms with van der Waals surface area (Å²) in [5, 5.41) is 9.28. The molecule has 0 bridgehead atoms. The second-order valence-electron chi connectivity index (χ2n) is 19.3. The monoisotopic (exact) mass is 1130 g/mol. The van der Waals surface area contributed by atoms with E-state index in [1.807, 2.05) is 44.2 Å². The summed E-state index contributed by atoms with van der Waals surface area (Å²) in [6, 6.07) is 9.12. The molecule has 0 saturated heterocycles. The Morgan fingerprint density at radius 3 is 1.82 bits per heavy atom. The topological polar surface area (TPSA) is 268 Å². The van der Waals surface area contributed by atoms with Crippen molar-refractivity contribution < 1.29 is 82.0 Å². The highest BCUT2D eigenvalue weighted by atomic mass is 32.2. The lowest BCUT2D eigenvalue weighted by atomic mass is 9.69. The second-order valence-corrected chi connectivity index (χ2v) is 23.7. The molecule has 4 N–H and O–H groups in total. The Morgan fingerprint density at radius 2 is 1.24 bits per heavy atom. The Hall–Kier alpha value is -3.88. The Balaban J connectivity index is 1.63. The molecule has 0 aromatic heterocycles. The van der Waals surface area contributed by atoms with Gasteiger partial charge in [-0.05, 0) is 136 Å². The molecule has 3 atom stereocenters. The zero-order valence-electron chi connectivity index (χ0n) is 44.6. The molecule has 2 aliphatic rings. The predicted molar refractivity (Wildman–Crippen MR) is 289 cm³/mol. The van der Waals surface area contributed by atoms with Gasteiger partial charge >= 0.3 is 5.97 Å². The highest BCUT2D eigenvalue weighted by Gasteiger charge is 2.44. The maximum absolute atomic E-state index is 12.6. The second kappa shape index (κ2) is 32.3. The van der Waals surface area contributed by atoms with Crippen molar-refractivity contribution in [1.82, 2.24) is 0 Å². The predicted octanol–water partition coefficient (Wildman–Crippen LogP) is 8.26. The minimum atomic E-state index is -4.63. The molecule has 0 spiro atoms. The third-order valence-electron chi connectivity index (χ3n) is 13.8. The molecule has 0 fully saturated rings. The van der Waals surface area contributed by atoms with E-state index in [-0.39, 0.29) is 48.2 Å². The molecule has 4 rings (SSSR count). The molecule has 1 aliphatic carbocycles. The van der Waals surface area contributed by atoms with Crippen LogP contribution in [0.3, 0.4) is 0 Å². The van der Waals surface area contributed by atoms with Gasteiger partial charge < -0.3 is 43.2 Å². The Kier molecular flexibility index (Phi) is 27.4. The van der Waals surface area contributed by atoms with E-state index in [1.165, 1.54) is 24.3 Å². The molecule has 0 radical (unpaired) electrons. The molecular weight excluding hydrogens is 1050 g/mol. The Bertz CT molecular complexity index is 2600. The minimum absolute atomic E-state index is 0.00654. The summed E-state index contributed by atoms with van der Waals surface area (Å²) < 4.78 is 143. The summed E-state index contributed by atoms with van der Waals surface area (Å²) in [5.74, 6) is -1.39. The van der Waals surface area contributed by atoms with E-state index in [1.54, 1.807) is 26.4 Å². The van der Waals surface area contributed by atoms with Crippen LogP contribution < -0.4 is 4.90 Å². The highest BCUT2D eigenvalue weighted by Crippen LogP contribution is 2.51. The van der Waals surface area contributed by atoms with Crippen LogP contribution in [0.1, 0.15) is 114 Å². The molecule has 2 aromatic carbocycles. The number of methoxy groups -OCH3 is 2. The fourth-order valence-electron chi connectivity index (χ4n) is 9.79. The lowest BCUT2D eigenvalue weighted by Gasteiger charge is -2.35. The van der Waals surface area contributed by atoms with E-state index < -0.39 is 52.9 Å². The zero-order valence-corrected chi connectivity index (χ0v) is 47.0. The number of allylic oxidation sites excluding steroid dienone is 8. The van der Waals surface area contributed by atoms with Crippen LogP contribution >= 0.6 is 0 Å². The van der Waals surface area contributed by atoms with Gasteiger partial charge in [0.15, 0.2) is 0 Å². The van der Waals surface area contributed by atoms with Gasteiger partial charge in [0.2, 0.25) is 0 Å². The van der Waals surface area contributed by atoms with Crippen molar-refractivity contribution in [3.63, 3.8) is 0 Å². The normalized spacial score (nSPS) is 20.7. The molecular formula is C54H81NO18S3. The molecule has 22 heteroatoms. The summed E-state index contributed by atoms with van der Waals surface area (Å²) >= 11 is 0. The van der Waals surface area contributed by atoms with Crippen molar-refractivity contribution in [2.45, 2.75) is 117 Å². The van der Waals surface area contributed by atoms with E-state index in [2.05, 4.69) is 11.0 Å². The van der Waals surface area contributed by atoms with Crippen molar-refractivity contribution in [3.05, 3.63) is 101 Å². The van der Waals surface area contributed by atoms with Crippen molar-refractivity contribution in [3.8, 4) is 0 Å². The van der Waals surface area contributed by atoms with Crippen LogP contribution in [0.15, 0.2) is 93.9 Å². The van der Waals surface area contributed by atoms with Gasteiger partial charge in [-0.2, -0.15) is 25.3 Å². The van der Waals surface area contributed by atoms with E-state index in [0.717, 1.165) is 48.2 Å². The maximum atomic E-state index is 12.6. The quantitative estimate of drug-likeness (QED) is 0.0282. The van der Waals surface area contributed by atoms with Crippen molar-refractivity contribution >= 4 is 42.0 Å². The molecule has 19 nitrogen and oxygen atoms in total. The number of nitrogens with zero attached hydrogens (tertiary/aromatic N) is 1. The number of hydrogen-bond acceptors (Lipinski definition) is 15. The van der Waals surface area contributed by atoms with Crippen molar-refractivity contribution in [1.29, 1.82) is 0 Å². The average molecular weight is 1130 g/mol. The van der Waals surface area contributed by atoms with Crippen molar-refractivity contribution in [2.75, 3.05) is 111 Å². The van der Waals surface area contributed by atoms with Gasteiger partial charge in [-0.1, -0.05) is 49.8 Å². The average Bonchev–Trinajstić information content (AvgIpc) is 3.65. The van der Waals surface area contributed by atoms with E-state index in [9.17, 15) is 48.8 Å². The van der Waals surface area contributed by atoms with Gasteiger partial charge in [0.25, 0.3) is 30.4 Å². The summed E-state index contributed by atoms with van der Waals surface area (Å²) in [6.07, 6.45) is 17.6. The molecule has 428 valence electrons. The largest absolute Gasteiger partial charge is 0.481 e. The first-order valence-corrected chi connectivity index (χ1v) is 30.5. The molecule has 2 aromatic rings. The first-order valence-electron chi connectivity index (χ1n) is 26.0. The maximum Gasteiger partial charge on any atom is 0.303 e. The number of ether oxygens (including phenoxy) is 7. The van der Waals surface area contributed by atoms with Crippen LogP contribution in [0, 0.1) is 0 Å². The molecule has 1 aliphatic heterocycles. The van der Waals surface area contributed by atoms with Crippen LogP contribution in [-0.4, -0.2) is 156 Å². The molecule has 3 unspecified atom stereocenters. The number of anilines is 1. The van der Waals surface area contributed by atoms with Crippen LogP contribution in [0.25, 0.3) is 0 Å². The van der Waals surface area contributed by atoms with Crippen LogP contribution in [0.4, 0.5) is 5.69 Å². The molecule has 0 saturated carbocycles. The smallest absolute Gasteiger partial charge is 0.303 e. The number of carboxylic acid groups (broad SMARTS) is 1. The molecule has 0 amide bonds. The van der Waals surface area contributed by atoms with E-state index in [4.69, 9.17) is 33.2 Å². The third-order valence-corrected chi connectivity index (χ3v) is 16.3. The van der Waals surface area contributed by atoms with Gasteiger partial charge in [-0.15, -0.1) is 0 Å². The number of fused-ring (bicyclic) bond motifs is 2. The SMILES string of the molecule is COCCCC1CCC\C=C(/C=C/C=C/C=C2/N(CCCCCC(=O)O)c3ccc(S(=O)(=O)O)cc3C2(C)CCOCCOCCOCCOCCOCCOC)C(C)(CCCS(=O)(=O)O)c2cc(S(=O)(=O)O)ccc21. The summed E-state index contributed by atoms with van der Waals surface area (Å²) in [7, 11) is -10.3. The first kappa shape index (κ1) is 64.6. The van der Waals surface area contributed by atoms with Crippen molar-refractivity contribution in [2.24, 2.45) is 0 Å². The standard InChI is InChI=1S/C54H81NO18S3/c1-53(25-14-40-74(58,59)60)44(18-11-10-15-43(16-13-28-67-3)47-23-21-45(41-48(47)53)75(61,62)63)17-7-5-8-19-51-54(2,26-29-69-32-33-71-36-37-73-39-38-72-35-34-70-31-30-68-4)49-42-46(76(64,65)66)22-24-50(49)55(51)27-12-6-9-20-52(56)57/h5,7-8,17-19,21-24,41-43H,6,9-16,20,25-40H2,1-4H3,(H,56,57)(H,58,59,60)(H,61,62,63)(H,64,65,66)/b8-5+,17-7+,44-18+,51-19+. The minimum Gasteiger partial charge on any atom is -0.481 e. The van der Waals surface area contributed by atoms with Gasteiger partial charge in [0.05, 0.1) is 81.6 Å². The van der Waals surface area contributed by atoms with Crippen LogP contribution in [0.5, 0.6) is 0 Å². The van der Waals surface area contributed by atoms with Crippen LogP contribution in [0.2, 0.25) is 0 Å². The van der Waals surface area contributed by atoms with E-state index >= 15 is 0 Å². The Morgan fingerprint density at radius 1 is 0.658 bits per heavy atom. The number of hydrogen-bond donors (Lipinski definition) is 4. The van der Waals surface area contributed by atoms with Crippen LogP contribution in [-0.2, 0) is 79.1 Å². The summed E-state index contributed by atoms with van der Waals surface area (Å²) in [5.41, 5.74) is 2.64. The van der Waals surface area contributed by atoms with Gasteiger partial charge in [-0.3, -0.25) is 18.5 Å². The highest BCUT2D eigenvalue weighted by molar-refractivity contribution is 7.86. The zero-order chi connectivity index (χ0) is 55.7. The van der Waals surface area contributed by atoms with E-state index in [0.29, 0.717) is 116 Å². The number of carbonyl (C=O) groups is 1. The lowest BCUT2D eigenvalue weighted by Crippen LogP contribution is -2.30. The summed E-state index contributed by atoms with van der Waals surface area (Å²) in [4.78, 5) is 12.9. The number of aliphatic carboxylic acids is 1. The Labute approximate surface area is 450 Å². The molecule has 76 heavy (non-hydrogen) atoms. The number of unbranched alkanes of at least 4 members (excludes halogenated alkanes) is 2. The number of carboxylic acids is 1. The van der Waals surface area contributed by atoms with Gasteiger partial charge in [0.1, 0.15) is 0 Å². The summed E-state index contributed by atoms with van der Waals surface area (Å²) in [6.45, 7) is 9.27. The van der Waals surface area contributed by atoms with Gasteiger partial charge in [-0.25, -0.2) is 0 Å². The number of benzene rings is 2. The number of rotatable bonds is 37. The molecule has 1 heterocycles. The first-order chi connectivity index (χ1) is 36.2. The fourth-order valence-corrected chi connectivity index (χ4v) is 11.3. The van der Waals surface area contributed by atoms with Gasteiger partial charge in [0, 0.05) is 62.6 Å². The third kappa shape index (κ3) is 21.1.